The number of nitrogens with zero attached hydrogens (tertiary/aromatic N) is 1. The second kappa shape index (κ2) is 7.11. The van der Waals surface area contributed by atoms with Crippen LogP contribution in [-0.2, 0) is 11.3 Å². The first-order valence-corrected chi connectivity index (χ1v) is 6.23. The van der Waals surface area contributed by atoms with Gasteiger partial charge < -0.3 is 20.5 Å². The molecule has 106 valence electrons. The van der Waals surface area contributed by atoms with Crippen molar-refractivity contribution in [1.29, 1.82) is 0 Å². The predicted molar refractivity (Wildman–Crippen MR) is 74.2 cm³/mol. The Balaban J connectivity index is 2.87. The molecule has 0 bridgehead atoms. The van der Waals surface area contributed by atoms with Gasteiger partial charge in [-0.2, -0.15) is 0 Å². The van der Waals surface area contributed by atoms with Crippen LogP contribution in [0.4, 0.5) is 0 Å². The SMILES string of the molecule is COc1ccc(C(N)CCC(=O)O)cc1CN(C)C. The lowest BCUT2D eigenvalue weighted by molar-refractivity contribution is -0.137. The zero-order valence-electron chi connectivity index (χ0n) is 11.7. The summed E-state index contributed by atoms with van der Waals surface area (Å²) in [5.41, 5.74) is 8.01. The number of carboxylic acid groups (broad SMARTS) is 1. The number of carboxylic acids is 1. The fraction of sp³-hybridized carbons (Fsp3) is 0.500. The molecule has 0 aliphatic rings. The van der Waals surface area contributed by atoms with Gasteiger partial charge in [-0.25, -0.2) is 0 Å². The summed E-state index contributed by atoms with van der Waals surface area (Å²) in [7, 11) is 5.60. The molecule has 0 aliphatic heterocycles. The molecule has 0 spiro atoms. The third kappa shape index (κ3) is 4.89. The molecule has 0 amide bonds. The number of rotatable bonds is 7. The van der Waals surface area contributed by atoms with Gasteiger partial charge in [0.2, 0.25) is 0 Å². The highest BCUT2D eigenvalue weighted by atomic mass is 16.5. The zero-order chi connectivity index (χ0) is 14.4. The van der Waals surface area contributed by atoms with Crippen molar-refractivity contribution in [2.75, 3.05) is 21.2 Å². The Morgan fingerprint density at radius 1 is 1.47 bits per heavy atom. The van der Waals surface area contributed by atoms with Crippen LogP contribution in [0, 0.1) is 0 Å². The molecular weight excluding hydrogens is 244 g/mol. The lowest BCUT2D eigenvalue weighted by Crippen LogP contribution is -2.15. The number of hydrogen-bond acceptors (Lipinski definition) is 4. The van der Waals surface area contributed by atoms with Crippen LogP contribution in [-0.4, -0.2) is 37.2 Å². The van der Waals surface area contributed by atoms with E-state index in [2.05, 4.69) is 0 Å². The summed E-state index contributed by atoms with van der Waals surface area (Å²) in [5, 5.41) is 8.68. The molecule has 0 fully saturated rings. The smallest absolute Gasteiger partial charge is 0.303 e. The number of ether oxygens (including phenoxy) is 1. The molecule has 1 unspecified atom stereocenters. The minimum absolute atomic E-state index is 0.0796. The van der Waals surface area contributed by atoms with Gasteiger partial charge in [0.15, 0.2) is 0 Å². The van der Waals surface area contributed by atoms with Gasteiger partial charge in [0.25, 0.3) is 0 Å². The van der Waals surface area contributed by atoms with Gasteiger partial charge in [-0.05, 0) is 38.2 Å². The van der Waals surface area contributed by atoms with Crippen LogP contribution in [0.1, 0.15) is 30.0 Å². The van der Waals surface area contributed by atoms with Crippen molar-refractivity contribution in [3.05, 3.63) is 29.3 Å². The van der Waals surface area contributed by atoms with Crippen molar-refractivity contribution in [3.8, 4) is 5.75 Å². The number of hydrogen-bond donors (Lipinski definition) is 2. The number of aliphatic carboxylic acids is 1. The topological polar surface area (TPSA) is 75.8 Å². The molecular formula is C14H22N2O3. The Morgan fingerprint density at radius 2 is 2.16 bits per heavy atom. The van der Waals surface area contributed by atoms with Gasteiger partial charge >= 0.3 is 5.97 Å². The van der Waals surface area contributed by atoms with E-state index >= 15 is 0 Å². The van der Waals surface area contributed by atoms with Crippen molar-refractivity contribution in [2.45, 2.75) is 25.4 Å². The molecule has 0 saturated carbocycles. The molecule has 0 saturated heterocycles. The van der Waals surface area contributed by atoms with E-state index in [1.54, 1.807) is 7.11 Å². The summed E-state index contributed by atoms with van der Waals surface area (Å²) < 4.78 is 5.32. The summed E-state index contributed by atoms with van der Waals surface area (Å²) in [6.07, 6.45) is 0.513. The maximum absolute atomic E-state index is 10.6. The predicted octanol–water partition coefficient (Wildman–Crippen LogP) is 1.62. The van der Waals surface area contributed by atoms with E-state index in [1.807, 2.05) is 37.2 Å². The van der Waals surface area contributed by atoms with Crippen molar-refractivity contribution in [3.63, 3.8) is 0 Å². The van der Waals surface area contributed by atoms with Crippen LogP contribution >= 0.6 is 0 Å². The summed E-state index contributed by atoms with van der Waals surface area (Å²) in [6.45, 7) is 0.753. The van der Waals surface area contributed by atoms with E-state index in [4.69, 9.17) is 15.6 Å². The minimum atomic E-state index is -0.822. The van der Waals surface area contributed by atoms with Crippen molar-refractivity contribution >= 4 is 5.97 Å². The average molecular weight is 266 g/mol. The van der Waals surface area contributed by atoms with Crippen LogP contribution < -0.4 is 10.5 Å². The monoisotopic (exact) mass is 266 g/mol. The van der Waals surface area contributed by atoms with Crippen molar-refractivity contribution in [1.82, 2.24) is 4.90 Å². The quantitative estimate of drug-likeness (QED) is 0.784. The summed E-state index contributed by atoms with van der Waals surface area (Å²) in [5.74, 6) is 0.000334. The van der Waals surface area contributed by atoms with Gasteiger partial charge in [0.1, 0.15) is 5.75 Å². The normalized spacial score (nSPS) is 12.5. The van der Waals surface area contributed by atoms with E-state index < -0.39 is 5.97 Å². The number of carbonyl (C=O) groups is 1. The lowest BCUT2D eigenvalue weighted by Gasteiger charge is -2.17. The zero-order valence-corrected chi connectivity index (χ0v) is 11.7. The number of benzene rings is 1. The highest BCUT2D eigenvalue weighted by Crippen LogP contribution is 2.25. The molecule has 1 rings (SSSR count). The highest BCUT2D eigenvalue weighted by molar-refractivity contribution is 5.66. The second-order valence-electron chi connectivity index (χ2n) is 4.85. The molecule has 0 heterocycles. The first kappa shape index (κ1) is 15.5. The maximum atomic E-state index is 10.6. The Kier molecular flexibility index (Phi) is 5.79. The number of methoxy groups -OCH3 is 1. The van der Waals surface area contributed by atoms with E-state index in [0.717, 1.165) is 23.4 Å². The van der Waals surface area contributed by atoms with Gasteiger partial charge in [-0.1, -0.05) is 6.07 Å². The van der Waals surface area contributed by atoms with Crippen LogP contribution in [0.3, 0.4) is 0 Å². The Hall–Kier alpha value is -1.59. The molecule has 0 aliphatic carbocycles. The minimum Gasteiger partial charge on any atom is -0.496 e. The van der Waals surface area contributed by atoms with E-state index in [-0.39, 0.29) is 12.5 Å². The molecule has 5 heteroatoms. The second-order valence-corrected chi connectivity index (χ2v) is 4.85. The fourth-order valence-electron chi connectivity index (χ4n) is 1.94. The number of nitrogens with two attached hydrogens (primary N) is 1. The first-order valence-electron chi connectivity index (χ1n) is 6.23. The molecule has 19 heavy (non-hydrogen) atoms. The Morgan fingerprint density at radius 3 is 2.68 bits per heavy atom. The highest BCUT2D eigenvalue weighted by Gasteiger charge is 2.12. The average Bonchev–Trinajstić information content (AvgIpc) is 2.35. The van der Waals surface area contributed by atoms with Crippen LogP contribution in [0.5, 0.6) is 5.75 Å². The molecule has 5 nitrogen and oxygen atoms in total. The molecule has 0 radical (unpaired) electrons. The standard InChI is InChI=1S/C14H22N2O3/c1-16(2)9-11-8-10(4-6-13(11)19-3)12(15)5-7-14(17)18/h4,6,8,12H,5,7,9,15H2,1-3H3,(H,17,18). The molecule has 3 N–H and O–H groups in total. The van der Waals surface area contributed by atoms with E-state index in [1.165, 1.54) is 0 Å². The van der Waals surface area contributed by atoms with Gasteiger partial charge in [-0.15, -0.1) is 0 Å². The van der Waals surface area contributed by atoms with Gasteiger partial charge in [0, 0.05) is 24.6 Å². The summed E-state index contributed by atoms with van der Waals surface area (Å²) in [4.78, 5) is 12.6. The third-order valence-electron chi connectivity index (χ3n) is 2.89. The van der Waals surface area contributed by atoms with Gasteiger partial charge in [-0.3, -0.25) is 4.79 Å². The summed E-state index contributed by atoms with van der Waals surface area (Å²) in [6, 6.07) is 5.51. The van der Waals surface area contributed by atoms with Crippen molar-refractivity contribution < 1.29 is 14.6 Å². The van der Waals surface area contributed by atoms with Crippen LogP contribution in [0.2, 0.25) is 0 Å². The van der Waals surface area contributed by atoms with Gasteiger partial charge in [0.05, 0.1) is 7.11 Å². The molecule has 1 aromatic carbocycles. The Bertz CT molecular complexity index is 433. The Labute approximate surface area is 114 Å². The third-order valence-corrected chi connectivity index (χ3v) is 2.89. The molecule has 1 aromatic rings. The summed E-state index contributed by atoms with van der Waals surface area (Å²) >= 11 is 0. The first-order chi connectivity index (χ1) is 8.93. The largest absolute Gasteiger partial charge is 0.496 e. The lowest BCUT2D eigenvalue weighted by atomic mass is 10.00. The van der Waals surface area contributed by atoms with Crippen LogP contribution in [0.25, 0.3) is 0 Å². The fourth-order valence-corrected chi connectivity index (χ4v) is 1.94. The van der Waals surface area contributed by atoms with Crippen molar-refractivity contribution in [2.24, 2.45) is 5.73 Å². The molecule has 1 atom stereocenters. The maximum Gasteiger partial charge on any atom is 0.303 e. The van der Waals surface area contributed by atoms with E-state index in [0.29, 0.717) is 6.42 Å². The van der Waals surface area contributed by atoms with Crippen LogP contribution in [0.15, 0.2) is 18.2 Å². The van der Waals surface area contributed by atoms with E-state index in [9.17, 15) is 4.79 Å². The molecule has 0 aromatic heterocycles.